The van der Waals surface area contributed by atoms with Crippen LogP contribution in [0.15, 0.2) is 149 Å². The predicted octanol–water partition coefficient (Wildman–Crippen LogP) is 14.8. The van der Waals surface area contributed by atoms with Gasteiger partial charge in [-0.25, -0.2) is 0 Å². The lowest BCUT2D eigenvalue weighted by molar-refractivity contribution is 0.479. The Morgan fingerprint density at radius 2 is 1.44 bits per heavy atom. The first kappa shape index (κ1) is 47.7. The van der Waals surface area contributed by atoms with Crippen LogP contribution in [-0.2, 0) is 0 Å². The fraction of sp³-hybridized carbons (Fsp3) is 0.346. The fourth-order valence-corrected chi connectivity index (χ4v) is 6.12. The molecule has 5 heteroatoms. The van der Waals surface area contributed by atoms with Crippen molar-refractivity contribution in [2.45, 2.75) is 101 Å². The molecule has 1 aliphatic heterocycles. The number of pyridine rings is 1. The van der Waals surface area contributed by atoms with Gasteiger partial charge in [-0.1, -0.05) is 140 Å². The molecule has 2 unspecified atom stereocenters. The highest BCUT2D eigenvalue weighted by Crippen LogP contribution is 2.35. The second-order valence-electron chi connectivity index (χ2n) is 14.1. The van der Waals surface area contributed by atoms with Gasteiger partial charge in [0.1, 0.15) is 0 Å². The van der Waals surface area contributed by atoms with E-state index in [9.17, 15) is 0 Å². The maximum atomic E-state index is 4.98. The normalized spacial score (nSPS) is 13.7. The zero-order valence-electron chi connectivity index (χ0n) is 36.9. The zero-order valence-corrected chi connectivity index (χ0v) is 36.9. The van der Waals surface area contributed by atoms with Crippen LogP contribution in [0.2, 0.25) is 0 Å². The third-order valence-electron chi connectivity index (χ3n) is 9.67. The van der Waals surface area contributed by atoms with Crippen LogP contribution in [0.5, 0.6) is 0 Å². The van der Waals surface area contributed by atoms with E-state index in [-0.39, 0.29) is 6.04 Å². The van der Waals surface area contributed by atoms with Gasteiger partial charge in [0, 0.05) is 55.0 Å². The van der Waals surface area contributed by atoms with E-state index < -0.39 is 0 Å². The molecule has 4 aromatic rings. The molecule has 0 amide bonds. The summed E-state index contributed by atoms with van der Waals surface area (Å²) < 4.78 is 0. The van der Waals surface area contributed by atoms with Crippen molar-refractivity contribution in [2.75, 3.05) is 13.6 Å². The minimum atomic E-state index is 0.122. The fourth-order valence-electron chi connectivity index (χ4n) is 6.12. The Bertz CT molecular complexity index is 1980. The molecule has 2 heterocycles. The van der Waals surface area contributed by atoms with E-state index in [0.29, 0.717) is 5.92 Å². The summed E-state index contributed by atoms with van der Waals surface area (Å²) >= 11 is 0. The number of nitrogens with zero attached hydrogens (tertiary/aromatic N) is 5. The molecule has 1 aromatic heterocycles. The van der Waals surface area contributed by atoms with E-state index >= 15 is 0 Å². The molecular weight excluding hydrogens is 695 g/mol. The highest BCUT2D eigenvalue weighted by molar-refractivity contribution is 6.04. The van der Waals surface area contributed by atoms with E-state index in [1.54, 1.807) is 6.21 Å². The summed E-state index contributed by atoms with van der Waals surface area (Å²) in [6, 6.07) is 30.0. The second-order valence-corrected chi connectivity index (χ2v) is 14.1. The number of benzene rings is 3. The summed E-state index contributed by atoms with van der Waals surface area (Å²) in [4.78, 5) is 20.0. The van der Waals surface area contributed by atoms with Crippen molar-refractivity contribution in [3.8, 4) is 22.3 Å². The topological polar surface area (TPSA) is 53.2 Å². The average molecular weight is 764 g/mol. The largest absolute Gasteiger partial charge is 0.371 e. The molecular formula is C52H69N5. The summed E-state index contributed by atoms with van der Waals surface area (Å²) in [5, 5.41) is 0. The quantitative estimate of drug-likeness (QED) is 0.127. The van der Waals surface area contributed by atoms with E-state index in [2.05, 4.69) is 156 Å². The molecule has 3 aromatic carbocycles. The molecule has 2 atom stereocenters. The maximum absolute atomic E-state index is 4.98. The summed E-state index contributed by atoms with van der Waals surface area (Å²) in [6.45, 7) is 29.7. The number of rotatable bonds is 13. The molecule has 0 aliphatic carbocycles. The molecule has 5 rings (SSSR count). The molecule has 0 spiro atoms. The molecule has 5 nitrogen and oxygen atoms in total. The highest BCUT2D eigenvalue weighted by atomic mass is 15.1. The Labute approximate surface area is 346 Å². The van der Waals surface area contributed by atoms with E-state index in [4.69, 9.17) is 9.98 Å². The third-order valence-corrected chi connectivity index (χ3v) is 9.67. The van der Waals surface area contributed by atoms with Crippen LogP contribution >= 0.6 is 0 Å². The van der Waals surface area contributed by atoms with Crippen molar-refractivity contribution in [3.05, 3.63) is 151 Å². The van der Waals surface area contributed by atoms with Gasteiger partial charge in [-0.15, -0.1) is 0 Å². The van der Waals surface area contributed by atoms with Crippen molar-refractivity contribution in [1.29, 1.82) is 0 Å². The van der Waals surface area contributed by atoms with Crippen molar-refractivity contribution in [3.63, 3.8) is 0 Å². The number of allylic oxidation sites excluding steroid dienone is 4. The van der Waals surface area contributed by atoms with Gasteiger partial charge in [0.15, 0.2) is 0 Å². The van der Waals surface area contributed by atoms with E-state index in [1.165, 1.54) is 63.7 Å². The minimum Gasteiger partial charge on any atom is -0.371 e. The van der Waals surface area contributed by atoms with Gasteiger partial charge in [-0.3, -0.25) is 20.0 Å². The van der Waals surface area contributed by atoms with Gasteiger partial charge in [-0.05, 0) is 109 Å². The Morgan fingerprint density at radius 1 is 0.825 bits per heavy atom. The third kappa shape index (κ3) is 15.2. The van der Waals surface area contributed by atoms with Crippen molar-refractivity contribution < 1.29 is 0 Å². The molecule has 57 heavy (non-hydrogen) atoms. The summed E-state index contributed by atoms with van der Waals surface area (Å²) in [7, 11) is 2.11. The SMILES string of the molecule is C=C(C)c1cccc(-c2cccc(-c3ccccc3C3=C(C)N(C)CC=N3)c2)c1.C=CN=C/C=C(\C)C(=NC(C)c1ccncc1)C(C)CCC.CC.CCCC. The van der Waals surface area contributed by atoms with Gasteiger partial charge in [0.2, 0.25) is 0 Å². The number of hydrogen-bond acceptors (Lipinski definition) is 5. The number of aromatic nitrogens is 1. The molecule has 302 valence electrons. The summed E-state index contributed by atoms with van der Waals surface area (Å²) in [5.74, 6) is 0.433. The molecule has 0 radical (unpaired) electrons. The smallest absolute Gasteiger partial charge is 0.0893 e. The van der Waals surface area contributed by atoms with Gasteiger partial charge >= 0.3 is 0 Å². The molecule has 1 aliphatic rings. The Hall–Kier alpha value is -5.42. The van der Waals surface area contributed by atoms with Gasteiger partial charge < -0.3 is 4.90 Å². The molecule has 0 bridgehead atoms. The van der Waals surface area contributed by atoms with Crippen LogP contribution in [-0.4, -0.2) is 41.6 Å². The molecule has 0 fully saturated rings. The average Bonchev–Trinajstić information content (AvgIpc) is 3.25. The Balaban J connectivity index is 0.000000357. The van der Waals surface area contributed by atoms with Crippen LogP contribution in [0, 0.1) is 5.92 Å². The Morgan fingerprint density at radius 3 is 2.05 bits per heavy atom. The predicted molar refractivity (Wildman–Crippen MR) is 254 cm³/mol. The van der Waals surface area contributed by atoms with Crippen LogP contribution < -0.4 is 0 Å². The minimum absolute atomic E-state index is 0.122. The van der Waals surface area contributed by atoms with Gasteiger partial charge in [-0.2, -0.15) is 0 Å². The lowest BCUT2D eigenvalue weighted by Gasteiger charge is -2.25. The lowest BCUT2D eigenvalue weighted by Crippen LogP contribution is -2.22. The van der Waals surface area contributed by atoms with Crippen molar-refractivity contribution in [1.82, 2.24) is 9.88 Å². The van der Waals surface area contributed by atoms with Crippen LogP contribution in [0.3, 0.4) is 0 Å². The van der Waals surface area contributed by atoms with E-state index in [1.807, 2.05) is 57.6 Å². The first-order valence-corrected chi connectivity index (χ1v) is 20.8. The summed E-state index contributed by atoms with van der Waals surface area (Å²) in [5.41, 5.74) is 14.0. The van der Waals surface area contributed by atoms with Crippen LogP contribution in [0.4, 0.5) is 0 Å². The lowest BCUT2D eigenvalue weighted by atomic mass is 9.93. The van der Waals surface area contributed by atoms with Gasteiger partial charge in [0.05, 0.1) is 18.3 Å². The van der Waals surface area contributed by atoms with Crippen LogP contribution in [0.1, 0.15) is 118 Å². The van der Waals surface area contributed by atoms with Crippen molar-refractivity contribution in [2.24, 2.45) is 20.9 Å². The highest BCUT2D eigenvalue weighted by Gasteiger charge is 2.17. The summed E-state index contributed by atoms with van der Waals surface area (Å²) in [6.07, 6.45) is 15.9. The molecule has 0 saturated heterocycles. The molecule has 0 saturated carbocycles. The number of hydrogen-bond donors (Lipinski definition) is 0. The maximum Gasteiger partial charge on any atom is 0.0893 e. The first-order valence-electron chi connectivity index (χ1n) is 20.8. The zero-order chi connectivity index (χ0) is 42.2. The monoisotopic (exact) mass is 764 g/mol. The Kier molecular flexibility index (Phi) is 22.1. The number of aliphatic imine (C=N–C) groups is 3. The first-order chi connectivity index (χ1) is 27.6. The van der Waals surface area contributed by atoms with Crippen molar-refractivity contribution >= 4 is 29.4 Å². The van der Waals surface area contributed by atoms with Crippen LogP contribution in [0.25, 0.3) is 33.5 Å². The number of unbranched alkanes of at least 4 members (excludes halogenated alkanes) is 1. The second kappa shape index (κ2) is 26.4. The standard InChI is InChI=1S/C27H26N2.C19H27N3.C4H10.C2H6/c1-19(2)21-9-7-10-22(17-21)23-11-8-12-24(18-23)25-13-5-6-14-26(25)27-20(3)29(4)16-15-28-27;1-6-8-15(3)19(16(4)9-12-20-7-2)22-17(5)18-10-13-21-14-11-18;1-3-4-2;1-2/h5-15,17-18H,1,16H2,2-4H3;7,9-15,17H,2,6,8H2,1,3-5H3;3-4H2,1-2H3;1-2H3/b;16-9+,20-12?,22-19?;;. The molecule has 0 N–H and O–H groups in total. The van der Waals surface area contributed by atoms with Gasteiger partial charge in [0.25, 0.3) is 0 Å². The van der Waals surface area contributed by atoms with E-state index in [0.717, 1.165) is 41.9 Å².